The largest absolute Gasteiger partial charge is 0.508 e. The Bertz CT molecular complexity index is 1120. The number of aryl methyl sites for hydroxylation is 1. The van der Waals surface area contributed by atoms with Crippen molar-refractivity contribution in [1.29, 1.82) is 0 Å². The van der Waals surface area contributed by atoms with Crippen LogP contribution in [0, 0.1) is 0 Å². The van der Waals surface area contributed by atoms with Crippen LogP contribution < -0.4 is 0 Å². The van der Waals surface area contributed by atoms with E-state index in [4.69, 9.17) is 9.47 Å². The van der Waals surface area contributed by atoms with Crippen LogP contribution in [0.4, 0.5) is 0 Å². The molecule has 0 aliphatic heterocycles. The number of phenols is 1. The van der Waals surface area contributed by atoms with Gasteiger partial charge in [-0.15, -0.1) is 11.3 Å². The highest BCUT2D eigenvalue weighted by Gasteiger charge is 2.28. The van der Waals surface area contributed by atoms with Crippen LogP contribution in [0.3, 0.4) is 0 Å². The highest BCUT2D eigenvalue weighted by atomic mass is 32.1. The molecule has 1 aliphatic rings. The molecule has 0 saturated carbocycles. The van der Waals surface area contributed by atoms with Gasteiger partial charge in [0.05, 0.1) is 6.42 Å². The van der Waals surface area contributed by atoms with Crippen molar-refractivity contribution in [3.05, 3.63) is 51.2 Å². The quantitative estimate of drug-likeness (QED) is 0.453. The van der Waals surface area contributed by atoms with Gasteiger partial charge in [-0.2, -0.15) is 0 Å². The van der Waals surface area contributed by atoms with E-state index in [9.17, 15) is 19.5 Å². The number of ether oxygens (including phenoxy) is 2. The smallest absolute Gasteiger partial charge is 0.326 e. The highest BCUT2D eigenvalue weighted by Crippen LogP contribution is 2.36. The van der Waals surface area contributed by atoms with Gasteiger partial charge in [0.2, 0.25) is 5.91 Å². The van der Waals surface area contributed by atoms with Crippen molar-refractivity contribution in [2.24, 2.45) is 0 Å². The molecule has 1 amide bonds. The van der Waals surface area contributed by atoms with E-state index in [0.29, 0.717) is 0 Å². The van der Waals surface area contributed by atoms with Crippen molar-refractivity contribution < 1.29 is 29.0 Å². The molecule has 0 spiro atoms. The van der Waals surface area contributed by atoms with Gasteiger partial charge in [0.15, 0.2) is 0 Å². The zero-order valence-corrected chi connectivity index (χ0v) is 23.6. The lowest BCUT2D eigenvalue weighted by atomic mass is 9.80. The number of amides is 1. The summed E-state index contributed by atoms with van der Waals surface area (Å²) in [6.45, 7) is 11.0. The van der Waals surface area contributed by atoms with E-state index in [1.807, 2.05) is 38.3 Å². The molecule has 0 fully saturated rings. The number of carbonyl (C=O) groups excluding carboxylic acids is 3. The Morgan fingerprint density at radius 2 is 1.70 bits per heavy atom. The molecule has 1 heterocycles. The van der Waals surface area contributed by atoms with Gasteiger partial charge >= 0.3 is 11.9 Å². The Labute approximate surface area is 223 Å². The first-order valence-corrected chi connectivity index (χ1v) is 13.7. The lowest BCUT2D eigenvalue weighted by Gasteiger charge is -2.29. The minimum absolute atomic E-state index is 0.0307. The minimum atomic E-state index is -0.654. The van der Waals surface area contributed by atoms with E-state index in [1.54, 1.807) is 37.8 Å². The monoisotopic (exact) mass is 529 g/mol. The van der Waals surface area contributed by atoms with Crippen molar-refractivity contribution in [3.63, 3.8) is 0 Å². The average molecular weight is 530 g/mol. The van der Waals surface area contributed by atoms with Crippen LogP contribution in [-0.2, 0) is 43.2 Å². The second kappa shape index (κ2) is 11.7. The molecule has 1 unspecified atom stereocenters. The van der Waals surface area contributed by atoms with Crippen LogP contribution in [0.25, 0.3) is 0 Å². The second-order valence-corrected chi connectivity index (χ2v) is 12.7. The van der Waals surface area contributed by atoms with Crippen molar-refractivity contribution in [2.45, 2.75) is 97.3 Å². The molecular weight excluding hydrogens is 490 g/mol. The number of fused-ring (bicyclic) bond motifs is 1. The molecule has 202 valence electrons. The Kier molecular flexibility index (Phi) is 9.05. The molecule has 1 aromatic carbocycles. The number of carbonyl (C=O) groups is 3. The summed E-state index contributed by atoms with van der Waals surface area (Å²) in [6.07, 6.45) is 3.13. The lowest BCUT2D eigenvalue weighted by Crippen LogP contribution is -2.39. The summed E-state index contributed by atoms with van der Waals surface area (Å²) in [6, 6.07) is 7.24. The van der Waals surface area contributed by atoms with Gasteiger partial charge in [-0.25, -0.2) is 0 Å². The fourth-order valence-electron chi connectivity index (χ4n) is 4.56. The highest BCUT2D eigenvalue weighted by molar-refractivity contribution is 7.10. The van der Waals surface area contributed by atoms with Crippen LogP contribution in [-0.4, -0.2) is 45.6 Å². The van der Waals surface area contributed by atoms with E-state index < -0.39 is 17.2 Å². The molecular formula is C29H39NO6S. The van der Waals surface area contributed by atoms with Crippen LogP contribution in [0.5, 0.6) is 5.75 Å². The topological polar surface area (TPSA) is 93.1 Å². The Balaban J connectivity index is 1.74. The molecule has 1 N–H and O–H groups in total. The maximum absolute atomic E-state index is 13.5. The van der Waals surface area contributed by atoms with Crippen LogP contribution >= 0.6 is 11.3 Å². The third kappa shape index (κ3) is 9.18. The number of thiophene rings is 1. The van der Waals surface area contributed by atoms with Gasteiger partial charge in [0.25, 0.3) is 0 Å². The average Bonchev–Trinajstić information content (AvgIpc) is 3.17. The summed E-state index contributed by atoms with van der Waals surface area (Å²) in [4.78, 5) is 40.8. The van der Waals surface area contributed by atoms with Crippen molar-refractivity contribution in [3.8, 4) is 5.75 Å². The predicted molar refractivity (Wildman–Crippen MR) is 144 cm³/mol. The fraction of sp³-hybridized carbons (Fsp3) is 0.552. The molecule has 7 nitrogen and oxygen atoms in total. The summed E-state index contributed by atoms with van der Waals surface area (Å²) >= 11 is 1.44. The van der Waals surface area contributed by atoms with E-state index in [0.717, 1.165) is 40.8 Å². The summed E-state index contributed by atoms with van der Waals surface area (Å²) in [5.74, 6) is -0.625. The third-order valence-corrected chi connectivity index (χ3v) is 6.88. The van der Waals surface area contributed by atoms with E-state index in [1.165, 1.54) is 11.3 Å². The summed E-state index contributed by atoms with van der Waals surface area (Å²) in [5.41, 5.74) is 1.82. The number of rotatable bonds is 8. The standard InChI is InChI=1S/C29H39NO6S/c1-28(2,3)35-26(33)15-23-12-19(18-37-23)16-30(17-27(34)36-29(4,5)6)25(32)14-21-9-7-8-20-13-22(31)10-11-24(20)21/h10-13,18,21,31H,7-9,14-17H2,1-6H3. The van der Waals surface area contributed by atoms with Crippen LogP contribution in [0.2, 0.25) is 0 Å². The normalized spacial score (nSPS) is 15.6. The Morgan fingerprint density at radius 3 is 2.38 bits per heavy atom. The third-order valence-electron chi connectivity index (χ3n) is 5.90. The summed E-state index contributed by atoms with van der Waals surface area (Å²) < 4.78 is 10.9. The molecule has 1 atom stereocenters. The molecule has 0 radical (unpaired) electrons. The zero-order valence-electron chi connectivity index (χ0n) is 22.8. The van der Waals surface area contributed by atoms with Gasteiger partial charge in [0, 0.05) is 17.8 Å². The Morgan fingerprint density at radius 1 is 1.03 bits per heavy atom. The molecule has 1 aromatic heterocycles. The summed E-state index contributed by atoms with van der Waals surface area (Å²) in [7, 11) is 0. The number of esters is 2. The lowest BCUT2D eigenvalue weighted by molar-refractivity contribution is -0.159. The maximum atomic E-state index is 13.5. The maximum Gasteiger partial charge on any atom is 0.326 e. The van der Waals surface area contributed by atoms with Gasteiger partial charge in [-0.3, -0.25) is 14.4 Å². The van der Waals surface area contributed by atoms with Crippen molar-refractivity contribution in [1.82, 2.24) is 4.90 Å². The van der Waals surface area contributed by atoms with E-state index in [2.05, 4.69) is 0 Å². The molecule has 1 aliphatic carbocycles. The first-order chi connectivity index (χ1) is 17.2. The minimum Gasteiger partial charge on any atom is -0.508 e. The number of aromatic hydroxyl groups is 1. The van der Waals surface area contributed by atoms with Gasteiger partial charge in [0.1, 0.15) is 23.5 Å². The molecule has 0 saturated heterocycles. The molecule has 3 rings (SSSR count). The number of phenolic OH excluding ortho intramolecular Hbond substituents is 1. The first-order valence-electron chi connectivity index (χ1n) is 12.8. The zero-order chi connectivity index (χ0) is 27.4. The molecule has 0 bridgehead atoms. The predicted octanol–water partition coefficient (Wildman–Crippen LogP) is 5.52. The SMILES string of the molecule is CC(C)(C)OC(=O)Cc1cc(CN(CC(=O)OC(C)(C)C)C(=O)CC2CCCc3cc(O)ccc32)cs1. The fourth-order valence-corrected chi connectivity index (χ4v) is 5.42. The van der Waals surface area contributed by atoms with E-state index >= 15 is 0 Å². The van der Waals surface area contributed by atoms with Gasteiger partial charge < -0.3 is 19.5 Å². The van der Waals surface area contributed by atoms with Crippen molar-refractivity contribution in [2.75, 3.05) is 6.54 Å². The Hall–Kier alpha value is -2.87. The van der Waals surface area contributed by atoms with E-state index in [-0.39, 0.29) is 49.5 Å². The number of nitrogens with zero attached hydrogens (tertiary/aromatic N) is 1. The molecule has 2 aromatic rings. The number of hydrogen-bond donors (Lipinski definition) is 1. The molecule has 8 heteroatoms. The van der Waals surface area contributed by atoms with Crippen LogP contribution in [0.15, 0.2) is 29.6 Å². The van der Waals surface area contributed by atoms with Gasteiger partial charge in [-0.05, 0) is 107 Å². The number of hydrogen-bond acceptors (Lipinski definition) is 7. The summed E-state index contributed by atoms with van der Waals surface area (Å²) in [5, 5.41) is 11.8. The number of benzene rings is 1. The van der Waals surface area contributed by atoms with Crippen molar-refractivity contribution >= 4 is 29.2 Å². The second-order valence-electron chi connectivity index (χ2n) is 11.7. The van der Waals surface area contributed by atoms with Gasteiger partial charge in [-0.1, -0.05) is 6.07 Å². The van der Waals surface area contributed by atoms with Crippen LogP contribution in [0.1, 0.15) is 88.3 Å². The molecule has 37 heavy (non-hydrogen) atoms. The first kappa shape index (κ1) is 28.7.